The van der Waals surface area contributed by atoms with Crippen molar-refractivity contribution < 1.29 is 28.8 Å². The molecule has 0 saturated carbocycles. The molecule has 2 N–H and O–H groups in total. The maximum atomic E-state index is 12.0. The van der Waals surface area contributed by atoms with E-state index in [0.717, 1.165) is 28.2 Å². The fourth-order valence-electron chi connectivity index (χ4n) is 5.21. The smallest absolute Gasteiger partial charge is 0.253 e. The van der Waals surface area contributed by atoms with E-state index in [1.165, 1.54) is 0 Å². The highest BCUT2D eigenvalue weighted by Crippen LogP contribution is 2.42. The first-order valence-electron chi connectivity index (χ1n) is 13.1. The molecule has 1 fully saturated rings. The zero-order valence-corrected chi connectivity index (χ0v) is 22.9. The van der Waals surface area contributed by atoms with E-state index >= 15 is 0 Å². The van der Waals surface area contributed by atoms with Gasteiger partial charge in [-0.2, -0.15) is 0 Å². The summed E-state index contributed by atoms with van der Waals surface area (Å²) in [6, 6.07) is 25.5. The summed E-state index contributed by atoms with van der Waals surface area (Å²) in [6.45, 7) is 5.76. The molecule has 208 valence electrons. The Morgan fingerprint density at radius 1 is 0.950 bits per heavy atom. The van der Waals surface area contributed by atoms with Crippen LogP contribution < -0.4 is 14.8 Å². The van der Waals surface area contributed by atoms with E-state index in [1.807, 2.05) is 78.9 Å². The molecule has 3 aromatic carbocycles. The van der Waals surface area contributed by atoms with Crippen molar-refractivity contribution >= 4 is 5.91 Å². The number of benzene rings is 3. The molecule has 2 aliphatic rings. The average molecular weight is 543 g/mol. The van der Waals surface area contributed by atoms with Gasteiger partial charge in [0.15, 0.2) is 0 Å². The maximum Gasteiger partial charge on any atom is 0.253 e. The van der Waals surface area contributed by atoms with Crippen LogP contribution in [0, 0.1) is 0 Å². The molecule has 0 spiro atoms. The van der Waals surface area contributed by atoms with Gasteiger partial charge in [-0.1, -0.05) is 61.2 Å². The summed E-state index contributed by atoms with van der Waals surface area (Å²) in [5.41, 5.74) is 2.20. The van der Waals surface area contributed by atoms with Gasteiger partial charge in [-0.15, -0.1) is 0 Å². The normalized spacial score (nSPS) is 21.1. The number of nitrogens with zero attached hydrogens (tertiary/aromatic N) is 1. The molecule has 3 aromatic rings. The Morgan fingerprint density at radius 3 is 2.05 bits per heavy atom. The zero-order chi connectivity index (χ0) is 28.3. The van der Waals surface area contributed by atoms with E-state index in [9.17, 15) is 9.90 Å². The van der Waals surface area contributed by atoms with E-state index in [-0.39, 0.29) is 12.5 Å². The molecule has 0 radical (unpaired) electrons. The third-order valence-electron chi connectivity index (χ3n) is 7.41. The molecular weight excluding hydrogens is 508 g/mol. The maximum absolute atomic E-state index is 12.0. The summed E-state index contributed by atoms with van der Waals surface area (Å²) in [5.74, 6) is 1.67. The van der Waals surface area contributed by atoms with E-state index in [1.54, 1.807) is 32.2 Å². The predicted molar refractivity (Wildman–Crippen MR) is 150 cm³/mol. The van der Waals surface area contributed by atoms with Gasteiger partial charge in [-0.3, -0.25) is 4.79 Å². The first-order chi connectivity index (χ1) is 19.3. The molecule has 5 rings (SSSR count). The Labute approximate surface area is 234 Å². The number of nitrogens with one attached hydrogen (secondary N) is 1. The van der Waals surface area contributed by atoms with Gasteiger partial charge in [0.25, 0.3) is 5.91 Å². The van der Waals surface area contributed by atoms with E-state index < -0.39 is 24.0 Å². The van der Waals surface area contributed by atoms with Crippen LogP contribution >= 0.6 is 0 Å². The topological polar surface area (TPSA) is 89.5 Å². The fourth-order valence-corrected chi connectivity index (χ4v) is 5.21. The number of aliphatic hydroxyl groups excluding tert-OH is 1. The number of carbonyl (C=O) groups excluding carboxylic acids is 1. The van der Waals surface area contributed by atoms with Crippen molar-refractivity contribution in [1.29, 1.82) is 0 Å². The first kappa shape index (κ1) is 27.5. The van der Waals surface area contributed by atoms with Crippen LogP contribution in [0.4, 0.5) is 0 Å². The molecule has 0 aliphatic carbocycles. The molecule has 40 heavy (non-hydrogen) atoms. The Kier molecular flexibility index (Phi) is 7.93. The monoisotopic (exact) mass is 542 g/mol. The summed E-state index contributed by atoms with van der Waals surface area (Å²) in [6.07, 6.45) is 0.119. The predicted octanol–water partition coefficient (Wildman–Crippen LogP) is 4.30. The van der Waals surface area contributed by atoms with Crippen LogP contribution in [0.2, 0.25) is 0 Å². The Morgan fingerprint density at radius 2 is 1.50 bits per heavy atom. The SMILES string of the molecule is C=C1NC(=O)C(C)=CN1C1CC(O)C(COC(c2ccccc2)(c2ccc(OC)cc2)c2ccc(OC)cc2)O1. The summed E-state index contributed by atoms with van der Waals surface area (Å²) in [7, 11) is 3.27. The second kappa shape index (κ2) is 11.6. The first-order valence-corrected chi connectivity index (χ1v) is 13.1. The van der Waals surface area contributed by atoms with Crippen LogP contribution in [-0.2, 0) is 19.9 Å². The minimum absolute atomic E-state index is 0.0972. The van der Waals surface area contributed by atoms with Crippen LogP contribution in [-0.4, -0.2) is 55.2 Å². The van der Waals surface area contributed by atoms with E-state index in [2.05, 4.69) is 11.9 Å². The lowest BCUT2D eigenvalue weighted by molar-refractivity contribution is -0.120. The lowest BCUT2D eigenvalue weighted by atomic mass is 9.80. The molecule has 1 saturated heterocycles. The minimum atomic E-state index is -1.03. The van der Waals surface area contributed by atoms with Crippen molar-refractivity contribution in [2.45, 2.75) is 37.4 Å². The summed E-state index contributed by atoms with van der Waals surface area (Å²) < 4.78 is 24.0. The number of rotatable bonds is 9. The average Bonchev–Trinajstić information content (AvgIpc) is 3.36. The van der Waals surface area contributed by atoms with Gasteiger partial charge in [-0.05, 0) is 47.9 Å². The van der Waals surface area contributed by atoms with Crippen LogP contribution in [0.25, 0.3) is 0 Å². The molecule has 3 atom stereocenters. The third kappa shape index (κ3) is 5.21. The molecule has 2 aliphatic heterocycles. The van der Waals surface area contributed by atoms with E-state index in [4.69, 9.17) is 18.9 Å². The number of methoxy groups -OCH3 is 2. The summed E-state index contributed by atoms with van der Waals surface area (Å²) >= 11 is 0. The summed E-state index contributed by atoms with van der Waals surface area (Å²) in [5, 5.41) is 13.8. The molecule has 8 nitrogen and oxygen atoms in total. The highest BCUT2D eigenvalue weighted by molar-refractivity contribution is 5.94. The van der Waals surface area contributed by atoms with Crippen molar-refractivity contribution in [2.75, 3.05) is 20.8 Å². The van der Waals surface area contributed by atoms with Crippen LogP contribution in [0.3, 0.4) is 0 Å². The Bertz CT molecular complexity index is 1320. The molecule has 1 amide bonds. The molecule has 3 unspecified atom stereocenters. The van der Waals surface area contributed by atoms with Gasteiger partial charge < -0.3 is 34.3 Å². The zero-order valence-electron chi connectivity index (χ0n) is 22.9. The number of carbonyl (C=O) groups is 1. The number of aliphatic hydroxyl groups is 1. The molecule has 8 heteroatoms. The lowest BCUT2D eigenvalue weighted by Gasteiger charge is -2.37. The van der Waals surface area contributed by atoms with E-state index in [0.29, 0.717) is 17.8 Å². The number of amides is 1. The Hall–Kier alpha value is -4.11. The van der Waals surface area contributed by atoms with Crippen LogP contribution in [0.1, 0.15) is 30.0 Å². The number of hydrogen-bond donors (Lipinski definition) is 2. The second-order valence-electron chi connectivity index (χ2n) is 9.87. The molecule has 0 bridgehead atoms. The Balaban J connectivity index is 1.51. The quantitative estimate of drug-likeness (QED) is 0.390. The second-order valence-corrected chi connectivity index (χ2v) is 9.87. The van der Waals surface area contributed by atoms with Crippen molar-refractivity contribution in [2.24, 2.45) is 0 Å². The van der Waals surface area contributed by atoms with Gasteiger partial charge in [0.05, 0.1) is 26.9 Å². The highest BCUT2D eigenvalue weighted by Gasteiger charge is 2.43. The number of hydrogen-bond acceptors (Lipinski definition) is 7. The van der Waals surface area contributed by atoms with Crippen LogP contribution in [0.5, 0.6) is 11.5 Å². The standard InChI is InChI=1S/C32H34N2O6/c1-21-19-34(22(2)33-31(21)36)30-18-28(35)29(40-30)20-39-32(23-8-6-5-7-9-23,24-10-14-26(37-3)15-11-24)25-12-16-27(38-4)17-13-25/h5-17,19,28-30,35H,2,18,20H2,1,3-4H3,(H,33,36). The van der Waals surface area contributed by atoms with Gasteiger partial charge in [-0.25, -0.2) is 0 Å². The molecule has 2 heterocycles. The van der Waals surface area contributed by atoms with Gasteiger partial charge in [0, 0.05) is 18.2 Å². The van der Waals surface area contributed by atoms with Crippen molar-refractivity contribution in [3.63, 3.8) is 0 Å². The summed E-state index contributed by atoms with van der Waals surface area (Å²) in [4.78, 5) is 13.7. The molecule has 0 aromatic heterocycles. The van der Waals surface area contributed by atoms with Crippen LogP contribution in [0.15, 0.2) is 103 Å². The largest absolute Gasteiger partial charge is 0.497 e. The van der Waals surface area contributed by atoms with Crippen molar-refractivity contribution in [1.82, 2.24) is 10.2 Å². The van der Waals surface area contributed by atoms with Gasteiger partial charge >= 0.3 is 0 Å². The number of ether oxygens (including phenoxy) is 4. The van der Waals surface area contributed by atoms with Gasteiger partial charge in [0.2, 0.25) is 0 Å². The minimum Gasteiger partial charge on any atom is -0.497 e. The lowest BCUT2D eigenvalue weighted by Crippen LogP contribution is -2.43. The third-order valence-corrected chi connectivity index (χ3v) is 7.41. The van der Waals surface area contributed by atoms with Crippen molar-refractivity contribution in [3.8, 4) is 11.5 Å². The highest BCUT2D eigenvalue weighted by atomic mass is 16.6. The van der Waals surface area contributed by atoms with Crippen molar-refractivity contribution in [3.05, 3.63) is 120 Å². The van der Waals surface area contributed by atoms with Gasteiger partial charge in [0.1, 0.15) is 35.3 Å². The molecular formula is C32H34N2O6. The fraction of sp³-hybridized carbons (Fsp3) is 0.281.